The molecular formula is C12H17ClN2OS. The molecule has 0 amide bonds. The molecule has 0 fully saturated rings. The molecule has 0 bridgehead atoms. The Bertz CT molecular complexity index is 441. The molecule has 0 aliphatic carbocycles. The normalized spacial score (nSPS) is 14.8. The van der Waals surface area contributed by atoms with Gasteiger partial charge < -0.3 is 10.3 Å². The van der Waals surface area contributed by atoms with Gasteiger partial charge in [-0.05, 0) is 33.8 Å². The molecule has 0 saturated heterocycles. The van der Waals surface area contributed by atoms with Crippen LogP contribution in [0.1, 0.15) is 33.3 Å². The number of halogens is 1. The zero-order chi connectivity index (χ0) is 13.2. The Hall–Kier alpha value is -0.710. The SMILES string of the molecule is C/C(=N\[S+]([O-])C(C)(C)C)c1cccc(Cl)c1N. The standard InChI is InChI=1S/C12H17ClN2OS/c1-8(15-17(16)12(2,3)4)9-6-5-7-10(13)11(9)14/h5-7H,14H2,1-4H3/b15-8+. The van der Waals surface area contributed by atoms with Gasteiger partial charge in [-0.1, -0.05) is 28.1 Å². The van der Waals surface area contributed by atoms with Crippen LogP contribution in [0, 0.1) is 0 Å². The zero-order valence-corrected chi connectivity index (χ0v) is 12.0. The molecule has 0 aliphatic heterocycles. The van der Waals surface area contributed by atoms with E-state index in [9.17, 15) is 4.55 Å². The number of anilines is 1. The lowest BCUT2D eigenvalue weighted by atomic mass is 10.1. The monoisotopic (exact) mass is 272 g/mol. The molecule has 94 valence electrons. The maximum atomic E-state index is 11.9. The summed E-state index contributed by atoms with van der Waals surface area (Å²) < 4.78 is 15.7. The Morgan fingerprint density at radius 2 is 2.00 bits per heavy atom. The van der Waals surface area contributed by atoms with Crippen molar-refractivity contribution < 1.29 is 4.55 Å². The van der Waals surface area contributed by atoms with Crippen molar-refractivity contribution in [3.05, 3.63) is 28.8 Å². The van der Waals surface area contributed by atoms with Crippen molar-refractivity contribution in [3.8, 4) is 0 Å². The van der Waals surface area contributed by atoms with Crippen molar-refractivity contribution in [2.75, 3.05) is 5.73 Å². The topological polar surface area (TPSA) is 61.4 Å². The van der Waals surface area contributed by atoms with E-state index in [0.717, 1.165) is 5.56 Å². The highest BCUT2D eigenvalue weighted by Crippen LogP contribution is 2.24. The van der Waals surface area contributed by atoms with E-state index in [4.69, 9.17) is 17.3 Å². The van der Waals surface area contributed by atoms with Gasteiger partial charge in [0.2, 0.25) is 0 Å². The van der Waals surface area contributed by atoms with Crippen molar-refractivity contribution in [1.82, 2.24) is 0 Å². The lowest BCUT2D eigenvalue weighted by Gasteiger charge is -2.19. The zero-order valence-electron chi connectivity index (χ0n) is 10.5. The summed E-state index contributed by atoms with van der Waals surface area (Å²) in [5.74, 6) is 0. The Labute approximate surface area is 110 Å². The van der Waals surface area contributed by atoms with E-state index in [1.807, 2.05) is 26.8 Å². The van der Waals surface area contributed by atoms with Gasteiger partial charge in [0, 0.05) is 5.56 Å². The number of rotatable bonds is 2. The van der Waals surface area contributed by atoms with Crippen LogP contribution in [0.3, 0.4) is 0 Å². The minimum absolute atomic E-state index is 0.380. The summed E-state index contributed by atoms with van der Waals surface area (Å²) in [6, 6.07) is 5.33. The first kappa shape index (κ1) is 14.4. The summed E-state index contributed by atoms with van der Waals surface area (Å²) in [6.07, 6.45) is 0. The maximum absolute atomic E-state index is 11.9. The summed E-state index contributed by atoms with van der Waals surface area (Å²) in [5, 5.41) is 0.485. The molecular weight excluding hydrogens is 256 g/mol. The number of para-hydroxylation sites is 1. The van der Waals surface area contributed by atoms with E-state index in [0.29, 0.717) is 16.4 Å². The maximum Gasteiger partial charge on any atom is 0.144 e. The van der Waals surface area contributed by atoms with Crippen molar-refractivity contribution >= 4 is 34.4 Å². The fourth-order valence-electron chi connectivity index (χ4n) is 1.16. The highest BCUT2D eigenvalue weighted by molar-refractivity contribution is 7.91. The quantitative estimate of drug-likeness (QED) is 0.511. The summed E-state index contributed by atoms with van der Waals surface area (Å²) in [7, 11) is 0. The molecule has 0 aromatic heterocycles. The molecule has 5 heteroatoms. The highest BCUT2D eigenvalue weighted by atomic mass is 35.5. The van der Waals surface area contributed by atoms with Gasteiger partial charge in [0.15, 0.2) is 0 Å². The fraction of sp³-hybridized carbons (Fsp3) is 0.417. The average molecular weight is 273 g/mol. The van der Waals surface area contributed by atoms with Crippen LogP contribution in [0.4, 0.5) is 5.69 Å². The minimum atomic E-state index is -1.29. The van der Waals surface area contributed by atoms with Crippen molar-refractivity contribution in [2.24, 2.45) is 4.40 Å². The Kier molecular flexibility index (Phi) is 4.47. The lowest BCUT2D eigenvalue weighted by molar-refractivity contribution is 0.561. The minimum Gasteiger partial charge on any atom is -0.591 e. The second-order valence-electron chi connectivity index (χ2n) is 4.74. The number of benzene rings is 1. The molecule has 0 aliphatic rings. The highest BCUT2D eigenvalue weighted by Gasteiger charge is 2.27. The van der Waals surface area contributed by atoms with Crippen LogP contribution < -0.4 is 5.73 Å². The first-order valence-corrected chi connectivity index (χ1v) is 6.73. The van der Waals surface area contributed by atoms with Crippen LogP contribution in [0.5, 0.6) is 0 Å². The van der Waals surface area contributed by atoms with E-state index >= 15 is 0 Å². The molecule has 1 aromatic rings. The van der Waals surface area contributed by atoms with Crippen molar-refractivity contribution in [3.63, 3.8) is 0 Å². The molecule has 1 unspecified atom stereocenters. The molecule has 1 atom stereocenters. The molecule has 1 rings (SSSR count). The third kappa shape index (κ3) is 3.63. The molecule has 17 heavy (non-hydrogen) atoms. The fourth-order valence-corrected chi connectivity index (χ4v) is 1.96. The number of hydrogen-bond donors (Lipinski definition) is 1. The van der Waals surface area contributed by atoms with Gasteiger partial charge >= 0.3 is 0 Å². The molecule has 0 spiro atoms. The Morgan fingerprint density at radius 3 is 2.53 bits per heavy atom. The Balaban J connectivity index is 3.09. The number of nitrogen functional groups attached to an aromatic ring is 1. The summed E-state index contributed by atoms with van der Waals surface area (Å²) in [4.78, 5) is 0. The van der Waals surface area contributed by atoms with Crippen LogP contribution in [-0.4, -0.2) is 15.0 Å². The van der Waals surface area contributed by atoms with Gasteiger partial charge in [-0.3, -0.25) is 0 Å². The van der Waals surface area contributed by atoms with E-state index < -0.39 is 11.4 Å². The van der Waals surface area contributed by atoms with E-state index in [1.165, 1.54) is 0 Å². The third-order valence-corrected chi connectivity index (χ3v) is 4.00. The smallest absolute Gasteiger partial charge is 0.144 e. The summed E-state index contributed by atoms with van der Waals surface area (Å²) in [6.45, 7) is 7.41. The van der Waals surface area contributed by atoms with Gasteiger partial charge in [-0.2, -0.15) is 0 Å². The molecule has 0 saturated carbocycles. The lowest BCUT2D eigenvalue weighted by Crippen LogP contribution is -2.26. The van der Waals surface area contributed by atoms with Crippen LogP contribution in [-0.2, 0) is 11.4 Å². The van der Waals surface area contributed by atoms with Crippen molar-refractivity contribution in [1.29, 1.82) is 0 Å². The van der Waals surface area contributed by atoms with Gasteiger partial charge in [0.05, 0.1) is 16.4 Å². The number of hydrogen-bond acceptors (Lipinski definition) is 3. The summed E-state index contributed by atoms with van der Waals surface area (Å²) in [5.41, 5.74) is 7.70. The second-order valence-corrected chi connectivity index (χ2v) is 7.05. The first-order chi connectivity index (χ1) is 7.73. The van der Waals surface area contributed by atoms with Gasteiger partial charge in [-0.15, -0.1) is 0 Å². The van der Waals surface area contributed by atoms with E-state index in [2.05, 4.69) is 4.40 Å². The second kappa shape index (κ2) is 5.29. The summed E-state index contributed by atoms with van der Waals surface area (Å²) >= 11 is 4.64. The van der Waals surface area contributed by atoms with Gasteiger partial charge in [0.1, 0.15) is 16.1 Å². The predicted octanol–water partition coefficient (Wildman–Crippen LogP) is 3.19. The van der Waals surface area contributed by atoms with E-state index in [1.54, 1.807) is 19.1 Å². The first-order valence-electron chi connectivity index (χ1n) is 5.25. The van der Waals surface area contributed by atoms with Gasteiger partial charge in [-0.25, -0.2) is 0 Å². The average Bonchev–Trinajstić information content (AvgIpc) is 2.20. The Morgan fingerprint density at radius 1 is 1.41 bits per heavy atom. The molecule has 3 nitrogen and oxygen atoms in total. The van der Waals surface area contributed by atoms with Crippen LogP contribution >= 0.6 is 11.6 Å². The number of nitrogens with two attached hydrogens (primary N) is 1. The van der Waals surface area contributed by atoms with E-state index in [-0.39, 0.29) is 4.75 Å². The predicted molar refractivity (Wildman–Crippen MR) is 76.0 cm³/mol. The molecule has 0 radical (unpaired) electrons. The van der Waals surface area contributed by atoms with Crippen LogP contribution in [0.25, 0.3) is 0 Å². The van der Waals surface area contributed by atoms with Gasteiger partial charge in [0.25, 0.3) is 0 Å². The molecule has 2 N–H and O–H groups in total. The molecule has 1 aromatic carbocycles. The van der Waals surface area contributed by atoms with Crippen molar-refractivity contribution in [2.45, 2.75) is 32.4 Å². The largest absolute Gasteiger partial charge is 0.591 e. The van der Waals surface area contributed by atoms with Crippen LogP contribution in [0.2, 0.25) is 5.02 Å². The number of nitrogens with zero attached hydrogens (tertiary/aromatic N) is 1. The third-order valence-electron chi connectivity index (χ3n) is 2.19. The molecule has 0 heterocycles. The van der Waals surface area contributed by atoms with Crippen LogP contribution in [0.15, 0.2) is 22.6 Å².